The molecule has 0 atom stereocenters. The monoisotopic (exact) mass is 249 g/mol. The minimum Gasteiger partial charge on any atom is -0.378 e. The van der Waals surface area contributed by atoms with Gasteiger partial charge < -0.3 is 5.32 Å². The fraction of sp³-hybridized carbons (Fsp3) is 0.154. The van der Waals surface area contributed by atoms with E-state index < -0.39 is 11.6 Å². The third-order valence-electron chi connectivity index (χ3n) is 2.57. The molecule has 0 amide bonds. The minimum atomic E-state index is -0.468. The Balaban J connectivity index is 2.10. The van der Waals surface area contributed by atoms with E-state index in [1.807, 2.05) is 0 Å². The Morgan fingerprint density at radius 1 is 1.39 bits per heavy atom. The van der Waals surface area contributed by atoms with Gasteiger partial charge in [0, 0.05) is 30.6 Å². The van der Waals surface area contributed by atoms with Crippen LogP contribution in [0, 0.1) is 18.6 Å². The van der Waals surface area contributed by atoms with E-state index in [1.165, 1.54) is 13.0 Å². The number of rotatable bonds is 4. The van der Waals surface area contributed by atoms with Crippen LogP contribution in [0.25, 0.3) is 6.20 Å². The van der Waals surface area contributed by atoms with Crippen LogP contribution in [0.4, 0.5) is 14.5 Å². The van der Waals surface area contributed by atoms with E-state index in [9.17, 15) is 8.78 Å². The first-order valence-corrected chi connectivity index (χ1v) is 5.45. The standard InChI is InChI=1S/C13H13F2N3/c1-3-18-8-10(7-17-18)6-16-13-5-11(14)9(2)4-12(13)15/h3-5,7-8,16H,1,6H2,2H3. The molecule has 0 saturated carbocycles. The third kappa shape index (κ3) is 2.56. The molecule has 2 rings (SSSR count). The summed E-state index contributed by atoms with van der Waals surface area (Å²) >= 11 is 0. The summed E-state index contributed by atoms with van der Waals surface area (Å²) in [6.45, 7) is 5.46. The first-order chi connectivity index (χ1) is 8.60. The number of hydrogen-bond donors (Lipinski definition) is 1. The van der Waals surface area contributed by atoms with Crippen LogP contribution < -0.4 is 5.32 Å². The van der Waals surface area contributed by atoms with E-state index in [0.717, 1.165) is 11.6 Å². The highest BCUT2D eigenvalue weighted by molar-refractivity contribution is 5.47. The molecule has 0 unspecified atom stereocenters. The Morgan fingerprint density at radius 2 is 2.17 bits per heavy atom. The lowest BCUT2D eigenvalue weighted by molar-refractivity contribution is 0.594. The number of hydrogen-bond acceptors (Lipinski definition) is 2. The normalized spacial score (nSPS) is 10.4. The van der Waals surface area contributed by atoms with Gasteiger partial charge in [-0.15, -0.1) is 0 Å². The molecule has 0 radical (unpaired) electrons. The highest BCUT2D eigenvalue weighted by Gasteiger charge is 2.07. The Bertz CT molecular complexity index is 576. The van der Waals surface area contributed by atoms with Crippen LogP contribution in [-0.2, 0) is 6.54 Å². The first kappa shape index (κ1) is 12.3. The molecule has 0 aliphatic carbocycles. The summed E-state index contributed by atoms with van der Waals surface area (Å²) in [5, 5.41) is 6.82. The fourth-order valence-electron chi connectivity index (χ4n) is 1.55. The van der Waals surface area contributed by atoms with Gasteiger partial charge in [0.2, 0.25) is 0 Å². The summed E-state index contributed by atoms with van der Waals surface area (Å²) in [4.78, 5) is 0. The average Bonchev–Trinajstić information content (AvgIpc) is 2.80. The van der Waals surface area contributed by atoms with Crippen LogP contribution in [0.3, 0.4) is 0 Å². The predicted octanol–water partition coefficient (Wildman–Crippen LogP) is 3.18. The average molecular weight is 249 g/mol. The Morgan fingerprint density at radius 3 is 2.83 bits per heavy atom. The molecule has 94 valence electrons. The van der Waals surface area contributed by atoms with E-state index >= 15 is 0 Å². The third-order valence-corrected chi connectivity index (χ3v) is 2.57. The van der Waals surface area contributed by atoms with Gasteiger partial charge in [-0.1, -0.05) is 6.58 Å². The number of aryl methyl sites for hydroxylation is 1. The van der Waals surface area contributed by atoms with Crippen molar-refractivity contribution in [2.75, 3.05) is 5.32 Å². The lowest BCUT2D eigenvalue weighted by atomic mass is 10.2. The molecule has 1 aromatic carbocycles. The first-order valence-electron chi connectivity index (χ1n) is 5.45. The van der Waals surface area contributed by atoms with Gasteiger partial charge >= 0.3 is 0 Å². The molecule has 0 bridgehead atoms. The van der Waals surface area contributed by atoms with Gasteiger partial charge in [0.05, 0.1) is 11.9 Å². The molecule has 1 N–H and O–H groups in total. The summed E-state index contributed by atoms with van der Waals surface area (Å²) in [6, 6.07) is 2.33. The second-order valence-corrected chi connectivity index (χ2v) is 3.95. The number of benzene rings is 1. The Labute approximate surface area is 104 Å². The van der Waals surface area contributed by atoms with E-state index in [0.29, 0.717) is 6.54 Å². The van der Waals surface area contributed by atoms with E-state index in [4.69, 9.17) is 0 Å². The van der Waals surface area contributed by atoms with Crippen molar-refractivity contribution in [2.45, 2.75) is 13.5 Å². The summed E-state index contributed by atoms with van der Waals surface area (Å²) in [6.07, 6.45) is 4.94. The molecule has 3 nitrogen and oxygen atoms in total. The van der Waals surface area contributed by atoms with Gasteiger partial charge in [-0.2, -0.15) is 5.10 Å². The lowest BCUT2D eigenvalue weighted by Crippen LogP contribution is -2.02. The molecule has 0 aliphatic heterocycles. The maximum Gasteiger partial charge on any atom is 0.146 e. The number of nitrogens with zero attached hydrogens (tertiary/aromatic N) is 2. The second kappa shape index (κ2) is 5.00. The van der Waals surface area contributed by atoms with Crippen LogP contribution in [0.15, 0.2) is 31.1 Å². The van der Waals surface area contributed by atoms with Crippen molar-refractivity contribution in [1.82, 2.24) is 9.78 Å². The smallest absolute Gasteiger partial charge is 0.146 e. The number of nitrogens with one attached hydrogen (secondary N) is 1. The zero-order valence-electron chi connectivity index (χ0n) is 9.95. The molecule has 5 heteroatoms. The highest BCUT2D eigenvalue weighted by atomic mass is 19.1. The van der Waals surface area contributed by atoms with Crippen molar-refractivity contribution in [3.63, 3.8) is 0 Å². The zero-order valence-corrected chi connectivity index (χ0v) is 9.95. The van der Waals surface area contributed by atoms with Gasteiger partial charge in [0.15, 0.2) is 0 Å². The zero-order chi connectivity index (χ0) is 13.1. The van der Waals surface area contributed by atoms with E-state index in [1.54, 1.807) is 23.3 Å². The molecule has 18 heavy (non-hydrogen) atoms. The molecule has 1 aromatic heterocycles. The molecular formula is C13H13F2N3. The van der Waals surface area contributed by atoms with Crippen molar-refractivity contribution < 1.29 is 8.78 Å². The van der Waals surface area contributed by atoms with E-state index in [2.05, 4.69) is 17.0 Å². The van der Waals surface area contributed by atoms with Gasteiger partial charge in [-0.05, 0) is 18.6 Å². The molecule has 2 aromatic rings. The number of halogens is 2. The van der Waals surface area contributed by atoms with Crippen LogP contribution in [0.2, 0.25) is 0 Å². The maximum atomic E-state index is 13.5. The largest absolute Gasteiger partial charge is 0.378 e. The molecule has 0 aliphatic rings. The van der Waals surface area contributed by atoms with Crippen LogP contribution in [0.1, 0.15) is 11.1 Å². The van der Waals surface area contributed by atoms with Gasteiger partial charge in [-0.25, -0.2) is 13.5 Å². The number of anilines is 1. The molecule has 0 saturated heterocycles. The Hall–Kier alpha value is -2.17. The minimum absolute atomic E-state index is 0.143. The van der Waals surface area contributed by atoms with Crippen molar-refractivity contribution in [3.8, 4) is 0 Å². The fourth-order valence-corrected chi connectivity index (χ4v) is 1.55. The predicted molar refractivity (Wildman–Crippen MR) is 67.0 cm³/mol. The summed E-state index contributed by atoms with van der Waals surface area (Å²) in [5.74, 6) is -0.898. The number of aromatic nitrogens is 2. The van der Waals surface area contributed by atoms with E-state index in [-0.39, 0.29) is 11.3 Å². The summed E-state index contributed by atoms with van der Waals surface area (Å²) in [5.41, 5.74) is 1.29. The molecule has 1 heterocycles. The van der Waals surface area contributed by atoms with Gasteiger partial charge in [-0.3, -0.25) is 0 Å². The summed E-state index contributed by atoms with van der Waals surface area (Å²) < 4.78 is 28.4. The van der Waals surface area contributed by atoms with Crippen molar-refractivity contribution in [1.29, 1.82) is 0 Å². The lowest BCUT2D eigenvalue weighted by Gasteiger charge is -2.07. The molecule has 0 spiro atoms. The van der Waals surface area contributed by atoms with Crippen LogP contribution in [-0.4, -0.2) is 9.78 Å². The molecular weight excluding hydrogens is 236 g/mol. The second-order valence-electron chi connectivity index (χ2n) is 3.95. The van der Waals surface area contributed by atoms with Crippen LogP contribution >= 0.6 is 0 Å². The van der Waals surface area contributed by atoms with Crippen LogP contribution in [0.5, 0.6) is 0 Å². The Kier molecular flexibility index (Phi) is 3.41. The quantitative estimate of drug-likeness (QED) is 0.901. The van der Waals surface area contributed by atoms with Crippen molar-refractivity contribution in [2.24, 2.45) is 0 Å². The SMILES string of the molecule is C=Cn1cc(CNc2cc(F)c(C)cc2F)cn1. The van der Waals surface area contributed by atoms with Gasteiger partial charge in [0.25, 0.3) is 0 Å². The van der Waals surface area contributed by atoms with Crippen molar-refractivity contribution in [3.05, 3.63) is 53.9 Å². The topological polar surface area (TPSA) is 29.9 Å². The molecule has 0 fully saturated rings. The highest BCUT2D eigenvalue weighted by Crippen LogP contribution is 2.19. The summed E-state index contributed by atoms with van der Waals surface area (Å²) in [7, 11) is 0. The van der Waals surface area contributed by atoms with Crippen molar-refractivity contribution >= 4 is 11.9 Å². The van der Waals surface area contributed by atoms with Gasteiger partial charge in [0.1, 0.15) is 11.6 Å². The maximum absolute atomic E-state index is 13.5.